The van der Waals surface area contributed by atoms with Gasteiger partial charge in [0.05, 0.1) is 6.04 Å². The molecule has 33 heavy (non-hydrogen) atoms. The predicted octanol–water partition coefficient (Wildman–Crippen LogP) is 4.79. The summed E-state index contributed by atoms with van der Waals surface area (Å²) < 4.78 is 5.24. The van der Waals surface area contributed by atoms with Crippen molar-refractivity contribution in [1.82, 2.24) is 20.4 Å². The normalized spacial score (nSPS) is 15.0. The molecule has 0 radical (unpaired) electrons. The standard InChI is InChI=1S/C26H27N5O2/c1-18(23-9-5-7-20-6-3-4-8-24(20)23)27-26(32)31-16-14-30(15-17-31)22-12-10-21(11-13-22)25-28-19(2)29-33-25/h3-13,18H,14-17H2,1-2H3,(H,27,32)/t18-/m0/s1. The molecule has 0 aliphatic carbocycles. The van der Waals surface area contributed by atoms with Crippen LogP contribution in [0.15, 0.2) is 71.3 Å². The zero-order valence-corrected chi connectivity index (χ0v) is 18.9. The van der Waals surface area contributed by atoms with Crippen LogP contribution in [0.2, 0.25) is 0 Å². The number of carbonyl (C=O) groups is 1. The predicted molar refractivity (Wildman–Crippen MR) is 129 cm³/mol. The molecule has 0 spiro atoms. The molecule has 3 aromatic carbocycles. The number of piperazine rings is 1. The van der Waals surface area contributed by atoms with Crippen LogP contribution in [0.3, 0.4) is 0 Å². The summed E-state index contributed by atoms with van der Waals surface area (Å²) in [5, 5.41) is 9.39. The number of benzene rings is 3. The number of amides is 2. The second kappa shape index (κ2) is 8.94. The molecule has 5 rings (SSSR count). The lowest BCUT2D eigenvalue weighted by Crippen LogP contribution is -2.52. The number of aryl methyl sites for hydroxylation is 1. The van der Waals surface area contributed by atoms with Gasteiger partial charge >= 0.3 is 6.03 Å². The summed E-state index contributed by atoms with van der Waals surface area (Å²) in [7, 11) is 0. The van der Waals surface area contributed by atoms with Crippen molar-refractivity contribution in [1.29, 1.82) is 0 Å². The monoisotopic (exact) mass is 441 g/mol. The molecule has 0 unspecified atom stereocenters. The molecular weight excluding hydrogens is 414 g/mol. The molecule has 1 aliphatic heterocycles. The summed E-state index contributed by atoms with van der Waals surface area (Å²) in [6.07, 6.45) is 0. The minimum absolute atomic E-state index is 0.0165. The summed E-state index contributed by atoms with van der Waals surface area (Å²) in [4.78, 5) is 21.4. The highest BCUT2D eigenvalue weighted by Crippen LogP contribution is 2.25. The minimum atomic E-state index is -0.0671. The van der Waals surface area contributed by atoms with Crippen LogP contribution < -0.4 is 10.2 Å². The number of hydrogen-bond acceptors (Lipinski definition) is 5. The maximum Gasteiger partial charge on any atom is 0.317 e. The van der Waals surface area contributed by atoms with Crippen LogP contribution in [0.4, 0.5) is 10.5 Å². The van der Waals surface area contributed by atoms with Crippen molar-refractivity contribution >= 4 is 22.5 Å². The van der Waals surface area contributed by atoms with E-state index < -0.39 is 0 Å². The van der Waals surface area contributed by atoms with Crippen LogP contribution in [0.25, 0.3) is 22.2 Å². The van der Waals surface area contributed by atoms with Gasteiger partial charge in [0, 0.05) is 37.4 Å². The average Bonchev–Trinajstić information content (AvgIpc) is 3.30. The van der Waals surface area contributed by atoms with Gasteiger partial charge in [-0.05, 0) is 54.4 Å². The number of urea groups is 1. The number of nitrogens with one attached hydrogen (secondary N) is 1. The first-order chi connectivity index (χ1) is 16.1. The van der Waals surface area contributed by atoms with Crippen LogP contribution >= 0.6 is 0 Å². The Morgan fingerprint density at radius 2 is 1.70 bits per heavy atom. The van der Waals surface area contributed by atoms with Gasteiger partial charge in [0.25, 0.3) is 5.89 Å². The van der Waals surface area contributed by atoms with Crippen molar-refractivity contribution < 1.29 is 9.32 Å². The quantitative estimate of drug-likeness (QED) is 0.493. The number of carbonyl (C=O) groups excluding carboxylic acids is 1. The molecule has 1 N–H and O–H groups in total. The molecule has 7 heteroatoms. The fourth-order valence-corrected chi connectivity index (χ4v) is 4.38. The van der Waals surface area contributed by atoms with Gasteiger partial charge in [0.1, 0.15) is 0 Å². The van der Waals surface area contributed by atoms with Crippen LogP contribution in [0.5, 0.6) is 0 Å². The second-order valence-electron chi connectivity index (χ2n) is 8.41. The molecule has 1 aromatic heterocycles. The lowest BCUT2D eigenvalue weighted by Gasteiger charge is -2.36. The molecular formula is C26H27N5O2. The molecule has 1 fully saturated rings. The summed E-state index contributed by atoms with van der Waals surface area (Å²) in [5.74, 6) is 1.15. The van der Waals surface area contributed by atoms with Crippen molar-refractivity contribution in [2.75, 3.05) is 31.1 Å². The summed E-state index contributed by atoms with van der Waals surface area (Å²) in [6, 6.07) is 22.5. The lowest BCUT2D eigenvalue weighted by atomic mass is 10.00. The van der Waals surface area contributed by atoms with E-state index in [1.807, 2.05) is 42.2 Å². The number of aromatic nitrogens is 2. The lowest BCUT2D eigenvalue weighted by molar-refractivity contribution is 0.191. The van der Waals surface area contributed by atoms with Crippen LogP contribution in [0.1, 0.15) is 24.4 Å². The Kier molecular flexibility index (Phi) is 5.69. The topological polar surface area (TPSA) is 74.5 Å². The highest BCUT2D eigenvalue weighted by molar-refractivity contribution is 5.86. The zero-order valence-electron chi connectivity index (χ0n) is 18.9. The van der Waals surface area contributed by atoms with E-state index in [1.165, 1.54) is 10.8 Å². The maximum atomic E-state index is 12.9. The number of fused-ring (bicyclic) bond motifs is 1. The first-order valence-electron chi connectivity index (χ1n) is 11.3. The fourth-order valence-electron chi connectivity index (χ4n) is 4.38. The smallest absolute Gasteiger partial charge is 0.317 e. The number of hydrogen-bond donors (Lipinski definition) is 1. The van der Waals surface area contributed by atoms with Gasteiger partial charge in [0.2, 0.25) is 0 Å². The van der Waals surface area contributed by atoms with Crippen LogP contribution in [0, 0.1) is 6.92 Å². The first kappa shape index (κ1) is 21.0. The van der Waals surface area contributed by atoms with Crippen molar-refractivity contribution in [3.8, 4) is 11.5 Å². The Morgan fingerprint density at radius 1 is 0.970 bits per heavy atom. The van der Waals surface area contributed by atoms with Crippen LogP contribution in [-0.4, -0.2) is 47.3 Å². The Balaban J connectivity index is 1.19. The van der Waals surface area contributed by atoms with E-state index in [1.54, 1.807) is 6.92 Å². The minimum Gasteiger partial charge on any atom is -0.368 e. The average molecular weight is 442 g/mol. The van der Waals surface area contributed by atoms with Gasteiger partial charge < -0.3 is 19.6 Å². The van der Waals surface area contributed by atoms with E-state index in [9.17, 15) is 4.79 Å². The van der Waals surface area contributed by atoms with Gasteiger partial charge in [-0.25, -0.2) is 4.79 Å². The van der Waals surface area contributed by atoms with Crippen LogP contribution in [-0.2, 0) is 0 Å². The highest BCUT2D eigenvalue weighted by atomic mass is 16.5. The Bertz CT molecular complexity index is 1250. The molecule has 1 atom stereocenters. The summed E-state index contributed by atoms with van der Waals surface area (Å²) in [5.41, 5.74) is 3.16. The van der Waals surface area contributed by atoms with E-state index in [0.717, 1.165) is 29.9 Å². The van der Waals surface area contributed by atoms with Gasteiger partial charge in [-0.1, -0.05) is 47.6 Å². The molecule has 7 nitrogen and oxygen atoms in total. The maximum absolute atomic E-state index is 12.9. The Labute approximate surface area is 193 Å². The van der Waals surface area contributed by atoms with Crippen molar-refractivity contribution in [2.45, 2.75) is 19.9 Å². The summed E-state index contributed by atoms with van der Waals surface area (Å²) in [6.45, 7) is 6.78. The zero-order chi connectivity index (χ0) is 22.8. The van der Waals surface area contributed by atoms with E-state index in [4.69, 9.17) is 4.52 Å². The second-order valence-corrected chi connectivity index (χ2v) is 8.41. The van der Waals surface area contributed by atoms with Crippen molar-refractivity contribution in [2.24, 2.45) is 0 Å². The van der Waals surface area contributed by atoms with E-state index in [0.29, 0.717) is 24.8 Å². The Morgan fingerprint density at radius 3 is 2.42 bits per heavy atom. The molecule has 2 heterocycles. The number of rotatable bonds is 4. The molecule has 168 valence electrons. The summed E-state index contributed by atoms with van der Waals surface area (Å²) >= 11 is 0. The van der Waals surface area contributed by atoms with Gasteiger partial charge in [-0.2, -0.15) is 4.98 Å². The van der Waals surface area contributed by atoms with Crippen molar-refractivity contribution in [3.63, 3.8) is 0 Å². The van der Waals surface area contributed by atoms with Crippen molar-refractivity contribution in [3.05, 3.63) is 78.1 Å². The number of anilines is 1. The van der Waals surface area contributed by atoms with E-state index in [-0.39, 0.29) is 12.1 Å². The van der Waals surface area contributed by atoms with E-state index in [2.05, 4.69) is 56.8 Å². The number of nitrogens with zero attached hydrogens (tertiary/aromatic N) is 4. The third-order valence-corrected chi connectivity index (χ3v) is 6.20. The molecule has 4 aromatic rings. The van der Waals surface area contributed by atoms with E-state index >= 15 is 0 Å². The Hall–Kier alpha value is -3.87. The SMILES string of the molecule is Cc1noc(-c2ccc(N3CCN(C(=O)N[C@@H](C)c4cccc5ccccc45)CC3)cc2)n1. The molecule has 1 aliphatic rings. The largest absolute Gasteiger partial charge is 0.368 e. The molecule has 2 amide bonds. The van der Waals surface area contributed by atoms with Gasteiger partial charge in [0.15, 0.2) is 5.82 Å². The third-order valence-electron chi connectivity index (χ3n) is 6.20. The van der Waals surface area contributed by atoms with Gasteiger partial charge in [-0.15, -0.1) is 0 Å². The molecule has 0 saturated carbocycles. The third kappa shape index (κ3) is 4.39. The molecule has 1 saturated heterocycles. The highest BCUT2D eigenvalue weighted by Gasteiger charge is 2.23. The molecule has 0 bridgehead atoms. The van der Waals surface area contributed by atoms with Gasteiger partial charge in [-0.3, -0.25) is 0 Å². The first-order valence-corrected chi connectivity index (χ1v) is 11.3. The fraction of sp³-hybridized carbons (Fsp3) is 0.269.